The molecule has 3 heterocycles. The largest absolute Gasteiger partial charge is 0.397 e. The van der Waals surface area contributed by atoms with Crippen LogP contribution in [0.1, 0.15) is 6.92 Å². The van der Waals surface area contributed by atoms with Crippen molar-refractivity contribution in [2.75, 3.05) is 29.1 Å². The van der Waals surface area contributed by atoms with Crippen molar-refractivity contribution in [3.8, 4) is 0 Å². The molecule has 1 atom stereocenters. The maximum Gasteiger partial charge on any atom is 0.154 e. The molecule has 0 bridgehead atoms. The van der Waals surface area contributed by atoms with E-state index in [1.807, 2.05) is 6.07 Å². The number of anilines is 3. The highest BCUT2D eigenvalue weighted by Gasteiger charge is 2.58. The summed E-state index contributed by atoms with van der Waals surface area (Å²) in [7, 11) is 2.08. The van der Waals surface area contributed by atoms with E-state index in [0.29, 0.717) is 0 Å². The predicted molar refractivity (Wildman–Crippen MR) is 52.8 cm³/mol. The van der Waals surface area contributed by atoms with E-state index >= 15 is 0 Å². The van der Waals surface area contributed by atoms with Crippen LogP contribution in [0.3, 0.4) is 0 Å². The highest BCUT2D eigenvalue weighted by Crippen LogP contribution is 2.52. The number of fused-ring (bicyclic) bond motifs is 3. The maximum atomic E-state index is 5.69. The van der Waals surface area contributed by atoms with Crippen molar-refractivity contribution >= 4 is 17.2 Å². The van der Waals surface area contributed by atoms with Gasteiger partial charge in [0.15, 0.2) is 5.82 Å². The number of hydrogen-bond acceptors (Lipinski definition) is 4. The topological polar surface area (TPSA) is 45.2 Å². The van der Waals surface area contributed by atoms with Crippen LogP contribution in [0.15, 0.2) is 12.3 Å². The first-order valence-corrected chi connectivity index (χ1v) is 4.40. The van der Waals surface area contributed by atoms with Crippen LogP contribution in [-0.4, -0.2) is 24.2 Å². The van der Waals surface area contributed by atoms with Gasteiger partial charge in [-0.05, 0) is 13.0 Å². The minimum atomic E-state index is 0.170. The number of pyridine rings is 1. The second-order valence-corrected chi connectivity index (χ2v) is 3.97. The summed E-state index contributed by atoms with van der Waals surface area (Å²) in [6, 6.07) is 2.00. The van der Waals surface area contributed by atoms with E-state index < -0.39 is 0 Å². The van der Waals surface area contributed by atoms with Gasteiger partial charge in [-0.3, -0.25) is 0 Å². The van der Waals surface area contributed by atoms with Crippen molar-refractivity contribution in [3.63, 3.8) is 0 Å². The number of nitrogen functional groups attached to an aromatic ring is 1. The highest BCUT2D eigenvalue weighted by atomic mass is 15.6. The Bertz CT molecular complexity index is 389. The van der Waals surface area contributed by atoms with Crippen LogP contribution < -0.4 is 15.5 Å². The van der Waals surface area contributed by atoms with Gasteiger partial charge in [0, 0.05) is 7.05 Å². The zero-order valence-electron chi connectivity index (χ0n) is 7.78. The van der Waals surface area contributed by atoms with Gasteiger partial charge >= 0.3 is 0 Å². The van der Waals surface area contributed by atoms with Crippen LogP contribution in [0.5, 0.6) is 0 Å². The number of likely N-dealkylation sites (N-methyl/N-ethyl adjacent to an activating group) is 1. The van der Waals surface area contributed by atoms with Gasteiger partial charge < -0.3 is 15.5 Å². The Balaban J connectivity index is 2.20. The fourth-order valence-corrected chi connectivity index (χ4v) is 2.04. The van der Waals surface area contributed by atoms with E-state index in [1.54, 1.807) is 6.20 Å². The average molecular weight is 176 g/mol. The molecule has 2 N–H and O–H groups in total. The number of hydrogen-bond donors (Lipinski definition) is 1. The van der Waals surface area contributed by atoms with Crippen LogP contribution in [0.2, 0.25) is 0 Å². The van der Waals surface area contributed by atoms with Crippen LogP contribution in [-0.2, 0) is 0 Å². The summed E-state index contributed by atoms with van der Waals surface area (Å²) in [5.41, 5.74) is 7.77. The average Bonchev–Trinajstić information content (AvgIpc) is 2.73. The molecule has 4 heteroatoms. The summed E-state index contributed by atoms with van der Waals surface area (Å²) < 4.78 is 0. The lowest BCUT2D eigenvalue weighted by atomic mass is 10.3. The first-order valence-electron chi connectivity index (χ1n) is 4.40. The first-order chi connectivity index (χ1) is 6.13. The van der Waals surface area contributed by atoms with Crippen LogP contribution in [0, 0.1) is 0 Å². The predicted octanol–water partition coefficient (Wildman–Crippen LogP) is 0.650. The number of aromatic nitrogens is 1. The molecule has 13 heavy (non-hydrogen) atoms. The zero-order chi connectivity index (χ0) is 9.22. The summed E-state index contributed by atoms with van der Waals surface area (Å²) in [5, 5.41) is 0. The number of nitrogens with zero attached hydrogens (tertiary/aromatic N) is 3. The van der Waals surface area contributed by atoms with E-state index in [1.165, 1.54) is 5.69 Å². The Hall–Kier alpha value is -1.45. The van der Waals surface area contributed by atoms with Crippen LogP contribution in [0.25, 0.3) is 0 Å². The molecule has 2 aliphatic heterocycles. The van der Waals surface area contributed by atoms with Crippen LogP contribution in [0.4, 0.5) is 17.2 Å². The van der Waals surface area contributed by atoms with E-state index in [2.05, 4.69) is 28.8 Å². The van der Waals surface area contributed by atoms with Gasteiger partial charge in [0.2, 0.25) is 0 Å². The van der Waals surface area contributed by atoms with E-state index in [9.17, 15) is 0 Å². The minimum Gasteiger partial charge on any atom is -0.397 e. The van der Waals surface area contributed by atoms with Crippen LogP contribution >= 0.6 is 0 Å². The summed E-state index contributed by atoms with van der Waals surface area (Å²) in [4.78, 5) is 8.85. The second kappa shape index (κ2) is 1.73. The fraction of sp³-hybridized carbons (Fsp3) is 0.444. The highest BCUT2D eigenvalue weighted by molar-refractivity contribution is 5.83. The Labute approximate surface area is 77.0 Å². The molecular weight excluding hydrogens is 164 g/mol. The normalized spacial score (nSPS) is 28.8. The number of nitrogens with two attached hydrogens (primary N) is 1. The number of rotatable bonds is 0. The van der Waals surface area contributed by atoms with Crippen molar-refractivity contribution in [1.82, 2.24) is 4.98 Å². The molecule has 0 saturated carbocycles. The SMILES string of the molecule is CN1c2ncc(N)cc2N2C[C@@]12C. The van der Waals surface area contributed by atoms with E-state index in [4.69, 9.17) is 5.73 Å². The molecule has 0 amide bonds. The van der Waals surface area contributed by atoms with Crippen molar-refractivity contribution < 1.29 is 0 Å². The summed E-state index contributed by atoms with van der Waals surface area (Å²) in [6.07, 6.45) is 1.71. The minimum absolute atomic E-state index is 0.170. The molecule has 0 spiro atoms. The monoisotopic (exact) mass is 176 g/mol. The van der Waals surface area contributed by atoms with Gasteiger partial charge in [0.25, 0.3) is 0 Å². The summed E-state index contributed by atoms with van der Waals surface area (Å²) >= 11 is 0. The molecule has 0 aliphatic carbocycles. The molecule has 0 unspecified atom stereocenters. The van der Waals surface area contributed by atoms with Gasteiger partial charge in [0.05, 0.1) is 24.1 Å². The van der Waals surface area contributed by atoms with E-state index in [0.717, 1.165) is 18.1 Å². The summed E-state index contributed by atoms with van der Waals surface area (Å²) in [6.45, 7) is 3.30. The lowest BCUT2D eigenvalue weighted by Gasteiger charge is -2.18. The third kappa shape index (κ3) is 0.646. The first kappa shape index (κ1) is 7.00. The van der Waals surface area contributed by atoms with Gasteiger partial charge in [-0.25, -0.2) is 4.98 Å². The molecule has 2 aliphatic rings. The maximum absolute atomic E-state index is 5.69. The third-order valence-corrected chi connectivity index (χ3v) is 3.14. The molecule has 1 aromatic rings. The molecule has 1 fully saturated rings. The van der Waals surface area contributed by atoms with Crippen molar-refractivity contribution in [1.29, 1.82) is 0 Å². The standard InChI is InChI=1S/C9H12N4/c1-9-5-13(9)7-3-6(10)4-11-8(7)12(9)2/h3-4H,5,10H2,1-2H3/t9-,13?/m0/s1. The van der Waals surface area contributed by atoms with Gasteiger partial charge in [-0.1, -0.05) is 0 Å². The quantitative estimate of drug-likeness (QED) is 0.589. The van der Waals surface area contributed by atoms with Gasteiger partial charge in [-0.2, -0.15) is 0 Å². The Morgan fingerprint density at radius 1 is 1.62 bits per heavy atom. The molecule has 4 nitrogen and oxygen atoms in total. The van der Waals surface area contributed by atoms with Gasteiger partial charge in [-0.15, -0.1) is 0 Å². The second-order valence-electron chi connectivity index (χ2n) is 3.97. The molecule has 0 radical (unpaired) electrons. The molecule has 3 rings (SSSR count). The molecule has 0 aromatic carbocycles. The van der Waals surface area contributed by atoms with Crippen molar-refractivity contribution in [3.05, 3.63) is 12.3 Å². The third-order valence-electron chi connectivity index (χ3n) is 3.14. The Morgan fingerprint density at radius 2 is 2.38 bits per heavy atom. The van der Waals surface area contributed by atoms with E-state index in [-0.39, 0.29) is 5.66 Å². The lowest BCUT2D eigenvalue weighted by Crippen LogP contribution is -2.31. The molecular formula is C9H12N4. The molecule has 68 valence electrons. The zero-order valence-corrected chi connectivity index (χ0v) is 7.78. The Morgan fingerprint density at radius 3 is 3.15 bits per heavy atom. The Kier molecular flexibility index (Phi) is 0.934. The summed E-state index contributed by atoms with van der Waals surface area (Å²) in [5.74, 6) is 1.04. The molecule has 1 aromatic heterocycles. The van der Waals surface area contributed by atoms with Gasteiger partial charge in [0.1, 0.15) is 5.66 Å². The lowest BCUT2D eigenvalue weighted by molar-refractivity contribution is 0.719. The smallest absolute Gasteiger partial charge is 0.154 e. The molecule has 1 saturated heterocycles. The van der Waals surface area contributed by atoms with Crippen molar-refractivity contribution in [2.45, 2.75) is 12.6 Å². The van der Waals surface area contributed by atoms with Crippen molar-refractivity contribution in [2.24, 2.45) is 0 Å². The fourth-order valence-electron chi connectivity index (χ4n) is 2.04.